The standard InChI is InChI=1S/C24H25ClN2O2.C2H4O2/c1-16-8-4-5-9-19(16)21-15-23(25)26-22-14-18(10-11-20(21)22)29-17(2)24(28)27-12-6-3-7-13-27;1-2(3)4/h4-5,8-11,14-15,17H,3,6-7,12-13H2,1-2H3;1H3,(H,3,4). The van der Waals surface area contributed by atoms with Gasteiger partial charge in [0.25, 0.3) is 11.9 Å². The number of likely N-dealkylation sites (tertiary alicyclic amines) is 1. The van der Waals surface area contributed by atoms with E-state index in [0.717, 1.165) is 54.9 Å². The number of carboxylic acid groups (broad SMARTS) is 1. The Bertz CT molecular complexity index is 1140. The molecule has 6 nitrogen and oxygen atoms in total. The molecule has 1 saturated heterocycles. The molecular weight excluding hydrogens is 440 g/mol. The Kier molecular flexibility index (Phi) is 8.28. The molecule has 1 amide bonds. The number of carbonyl (C=O) groups excluding carboxylic acids is 1. The van der Waals surface area contributed by atoms with Crippen LogP contribution in [0.3, 0.4) is 0 Å². The first-order valence-electron chi connectivity index (χ1n) is 11.1. The van der Waals surface area contributed by atoms with Crippen LogP contribution in [0.15, 0.2) is 48.5 Å². The second-order valence-electron chi connectivity index (χ2n) is 8.15. The summed E-state index contributed by atoms with van der Waals surface area (Å²) in [6, 6.07) is 15.9. The summed E-state index contributed by atoms with van der Waals surface area (Å²) < 4.78 is 5.97. The molecule has 1 aromatic heterocycles. The van der Waals surface area contributed by atoms with Crippen molar-refractivity contribution in [1.29, 1.82) is 0 Å². The Hall–Kier alpha value is -3.12. The van der Waals surface area contributed by atoms with Gasteiger partial charge in [0.2, 0.25) is 0 Å². The molecule has 2 heterocycles. The number of halogens is 1. The van der Waals surface area contributed by atoms with Crippen molar-refractivity contribution in [3.05, 3.63) is 59.2 Å². The van der Waals surface area contributed by atoms with Gasteiger partial charge in [0.05, 0.1) is 5.52 Å². The van der Waals surface area contributed by atoms with Crippen LogP contribution >= 0.6 is 11.6 Å². The van der Waals surface area contributed by atoms with Crippen molar-refractivity contribution in [2.45, 2.75) is 46.1 Å². The summed E-state index contributed by atoms with van der Waals surface area (Å²) in [4.78, 5) is 28.0. The average Bonchev–Trinajstić information content (AvgIpc) is 2.78. The van der Waals surface area contributed by atoms with Gasteiger partial charge in [0, 0.05) is 31.5 Å². The van der Waals surface area contributed by atoms with Crippen LogP contribution in [0.1, 0.15) is 38.7 Å². The number of ether oxygens (including phenoxy) is 1. The second kappa shape index (κ2) is 11.1. The van der Waals surface area contributed by atoms with Gasteiger partial charge in [-0.2, -0.15) is 0 Å². The molecule has 1 aliphatic rings. The van der Waals surface area contributed by atoms with Crippen LogP contribution in [0.25, 0.3) is 22.0 Å². The summed E-state index contributed by atoms with van der Waals surface area (Å²) >= 11 is 6.32. The number of fused-ring (bicyclic) bond motifs is 1. The number of carbonyl (C=O) groups is 2. The molecule has 0 spiro atoms. The Balaban J connectivity index is 0.000000709. The van der Waals surface area contributed by atoms with Gasteiger partial charge in [-0.3, -0.25) is 9.59 Å². The fourth-order valence-corrected chi connectivity index (χ4v) is 4.17. The highest BCUT2D eigenvalue weighted by atomic mass is 35.5. The molecule has 1 atom stereocenters. The summed E-state index contributed by atoms with van der Waals surface area (Å²) in [5, 5.41) is 8.86. The van der Waals surface area contributed by atoms with Crippen LogP contribution in [0, 0.1) is 6.92 Å². The zero-order valence-electron chi connectivity index (χ0n) is 19.2. The Morgan fingerprint density at radius 3 is 2.39 bits per heavy atom. The fraction of sp³-hybridized carbons (Fsp3) is 0.346. The number of aryl methyl sites for hydroxylation is 1. The number of benzene rings is 2. The third-order valence-corrected chi connectivity index (χ3v) is 5.71. The third kappa shape index (κ3) is 6.45. The number of pyridine rings is 1. The van der Waals surface area contributed by atoms with E-state index in [2.05, 4.69) is 24.0 Å². The molecule has 1 aliphatic heterocycles. The summed E-state index contributed by atoms with van der Waals surface area (Å²) in [7, 11) is 0. The number of hydrogen-bond acceptors (Lipinski definition) is 4. The predicted molar refractivity (Wildman–Crippen MR) is 131 cm³/mol. The van der Waals surface area contributed by atoms with Crippen molar-refractivity contribution in [2.24, 2.45) is 0 Å². The molecule has 1 fully saturated rings. The third-order valence-electron chi connectivity index (χ3n) is 5.51. The maximum Gasteiger partial charge on any atom is 0.300 e. The van der Waals surface area contributed by atoms with E-state index < -0.39 is 12.1 Å². The van der Waals surface area contributed by atoms with Gasteiger partial charge in [-0.1, -0.05) is 35.9 Å². The lowest BCUT2D eigenvalue weighted by molar-refractivity contribution is -0.139. The lowest BCUT2D eigenvalue weighted by Gasteiger charge is -2.29. The molecule has 0 saturated carbocycles. The monoisotopic (exact) mass is 468 g/mol. The van der Waals surface area contributed by atoms with E-state index in [9.17, 15) is 4.79 Å². The molecule has 7 heteroatoms. The Morgan fingerprint density at radius 2 is 1.73 bits per heavy atom. The van der Waals surface area contributed by atoms with E-state index in [1.165, 1.54) is 12.0 Å². The molecule has 0 radical (unpaired) electrons. The highest BCUT2D eigenvalue weighted by Crippen LogP contribution is 2.34. The summed E-state index contributed by atoms with van der Waals surface area (Å²) in [6.45, 7) is 6.62. The molecule has 33 heavy (non-hydrogen) atoms. The van der Waals surface area contributed by atoms with Crippen LogP contribution < -0.4 is 4.74 Å². The average molecular weight is 469 g/mol. The van der Waals surface area contributed by atoms with E-state index in [1.807, 2.05) is 48.2 Å². The molecule has 0 aliphatic carbocycles. The maximum absolute atomic E-state index is 12.7. The summed E-state index contributed by atoms with van der Waals surface area (Å²) in [5.41, 5.74) is 4.11. The lowest BCUT2D eigenvalue weighted by Crippen LogP contribution is -2.43. The molecule has 174 valence electrons. The van der Waals surface area contributed by atoms with Gasteiger partial charge in [-0.25, -0.2) is 4.98 Å². The number of nitrogens with zero attached hydrogens (tertiary/aromatic N) is 2. The molecule has 2 aromatic carbocycles. The zero-order valence-corrected chi connectivity index (χ0v) is 19.9. The largest absolute Gasteiger partial charge is 0.481 e. The number of piperidine rings is 1. The first-order valence-corrected chi connectivity index (χ1v) is 11.5. The van der Waals surface area contributed by atoms with E-state index in [4.69, 9.17) is 26.2 Å². The van der Waals surface area contributed by atoms with Crippen LogP contribution in [0.5, 0.6) is 5.75 Å². The van der Waals surface area contributed by atoms with Crippen molar-refractivity contribution in [3.8, 4) is 16.9 Å². The van der Waals surface area contributed by atoms with Crippen molar-refractivity contribution < 1.29 is 19.4 Å². The normalized spacial score (nSPS) is 14.2. The molecule has 3 aromatic rings. The lowest BCUT2D eigenvalue weighted by atomic mass is 9.97. The Labute approximate surface area is 199 Å². The minimum Gasteiger partial charge on any atom is -0.481 e. The van der Waals surface area contributed by atoms with E-state index in [-0.39, 0.29) is 5.91 Å². The van der Waals surface area contributed by atoms with Gasteiger partial charge < -0.3 is 14.7 Å². The quantitative estimate of drug-likeness (QED) is 0.494. The minimum atomic E-state index is -0.833. The van der Waals surface area contributed by atoms with Crippen LogP contribution in [0.4, 0.5) is 0 Å². The van der Waals surface area contributed by atoms with Gasteiger partial charge in [-0.05, 0) is 68.0 Å². The number of hydrogen-bond donors (Lipinski definition) is 1. The van der Waals surface area contributed by atoms with Crippen molar-refractivity contribution in [1.82, 2.24) is 9.88 Å². The number of aromatic nitrogens is 1. The number of aliphatic carboxylic acids is 1. The topological polar surface area (TPSA) is 79.7 Å². The number of carboxylic acids is 1. The van der Waals surface area contributed by atoms with Crippen LogP contribution in [-0.2, 0) is 9.59 Å². The summed E-state index contributed by atoms with van der Waals surface area (Å²) in [6.07, 6.45) is 2.80. The molecule has 1 unspecified atom stereocenters. The van der Waals surface area contributed by atoms with E-state index in [0.29, 0.717) is 10.9 Å². The van der Waals surface area contributed by atoms with Crippen molar-refractivity contribution in [2.75, 3.05) is 13.1 Å². The van der Waals surface area contributed by atoms with Crippen molar-refractivity contribution >= 4 is 34.4 Å². The van der Waals surface area contributed by atoms with Crippen LogP contribution in [0.2, 0.25) is 5.15 Å². The highest BCUT2D eigenvalue weighted by Gasteiger charge is 2.23. The SMILES string of the molecule is CC(=O)O.Cc1ccccc1-c1cc(Cl)nc2cc(OC(C)C(=O)N3CCCCC3)ccc12. The first kappa shape index (κ1) is 24.5. The maximum atomic E-state index is 12.7. The molecule has 4 rings (SSSR count). The molecule has 1 N–H and O–H groups in total. The predicted octanol–water partition coefficient (Wildman–Crippen LogP) is 5.73. The molecule has 0 bridgehead atoms. The van der Waals surface area contributed by atoms with Crippen LogP contribution in [-0.4, -0.2) is 46.1 Å². The Morgan fingerprint density at radius 1 is 1.06 bits per heavy atom. The van der Waals surface area contributed by atoms with Gasteiger partial charge >= 0.3 is 0 Å². The highest BCUT2D eigenvalue weighted by molar-refractivity contribution is 6.30. The fourth-order valence-electron chi connectivity index (χ4n) is 3.97. The number of amides is 1. The molecular formula is C26H29ClN2O4. The van der Waals surface area contributed by atoms with Crippen molar-refractivity contribution in [3.63, 3.8) is 0 Å². The smallest absolute Gasteiger partial charge is 0.300 e. The van der Waals surface area contributed by atoms with Gasteiger partial charge in [-0.15, -0.1) is 0 Å². The first-order chi connectivity index (χ1) is 15.8. The minimum absolute atomic E-state index is 0.0458. The van der Waals surface area contributed by atoms with E-state index in [1.54, 1.807) is 0 Å². The summed E-state index contributed by atoms with van der Waals surface area (Å²) in [5.74, 6) is -0.162. The number of rotatable bonds is 4. The second-order valence-corrected chi connectivity index (χ2v) is 8.54. The van der Waals surface area contributed by atoms with Gasteiger partial charge in [0.1, 0.15) is 10.9 Å². The van der Waals surface area contributed by atoms with E-state index >= 15 is 0 Å². The zero-order chi connectivity index (χ0) is 24.0. The van der Waals surface area contributed by atoms with Gasteiger partial charge in [0.15, 0.2) is 6.10 Å².